The summed E-state index contributed by atoms with van der Waals surface area (Å²) in [7, 11) is 0. The second-order valence-electron chi connectivity index (χ2n) is 6.06. The maximum absolute atomic E-state index is 12.2. The van der Waals surface area contributed by atoms with Crippen LogP contribution in [-0.4, -0.2) is 20.7 Å². The molecule has 3 unspecified atom stereocenters. The maximum atomic E-state index is 12.2. The number of carbonyl (C=O) groups is 1. The summed E-state index contributed by atoms with van der Waals surface area (Å²) in [4.78, 5) is 13.2. The molecule has 3 atom stereocenters. The first-order valence-corrected chi connectivity index (χ1v) is 8.67. The molecule has 1 aliphatic rings. The number of carboxylic acids is 1. The van der Waals surface area contributed by atoms with Crippen LogP contribution in [-0.2, 0) is 11.2 Å². The Hall–Kier alpha value is -2.53. The number of hydrogen-bond donors (Lipinski definition) is 1. The van der Waals surface area contributed by atoms with Gasteiger partial charge in [0, 0.05) is 18.3 Å². The van der Waals surface area contributed by atoms with Crippen LogP contribution in [0, 0.1) is 5.92 Å². The average molecular weight is 336 g/mol. The van der Waals surface area contributed by atoms with Crippen LogP contribution in [0.2, 0.25) is 0 Å². The number of carboxylic acid groups (broad SMARTS) is 1. The highest BCUT2D eigenvalue weighted by atomic mass is 32.1. The topological polar surface area (TPSA) is 63.1 Å². The Morgan fingerprint density at radius 2 is 1.62 bits per heavy atom. The molecule has 0 aliphatic heterocycles. The molecule has 4 rings (SSSR count). The number of fused-ring (bicyclic) bond motifs is 1. The van der Waals surface area contributed by atoms with Gasteiger partial charge in [-0.3, -0.25) is 4.79 Å². The van der Waals surface area contributed by atoms with E-state index in [4.69, 9.17) is 0 Å². The lowest BCUT2D eigenvalue weighted by molar-refractivity contribution is -0.143. The fourth-order valence-corrected chi connectivity index (χ4v) is 4.54. The summed E-state index contributed by atoms with van der Waals surface area (Å²) in [5.41, 5.74) is 2.99. The first-order valence-electron chi connectivity index (χ1n) is 7.89. The smallest absolute Gasteiger partial charge is 0.308 e. The van der Waals surface area contributed by atoms with E-state index in [0.29, 0.717) is 6.42 Å². The van der Waals surface area contributed by atoms with Gasteiger partial charge in [-0.2, -0.15) is 0 Å². The van der Waals surface area contributed by atoms with E-state index in [2.05, 4.69) is 9.59 Å². The molecule has 0 bridgehead atoms. The molecule has 2 aromatic carbocycles. The Morgan fingerprint density at radius 1 is 1.00 bits per heavy atom. The zero-order valence-electron chi connectivity index (χ0n) is 12.9. The molecular weight excluding hydrogens is 320 g/mol. The lowest BCUT2D eigenvalue weighted by Gasteiger charge is -2.35. The fourth-order valence-electron chi connectivity index (χ4n) is 3.68. The van der Waals surface area contributed by atoms with Crippen LogP contribution in [0.25, 0.3) is 0 Å². The van der Waals surface area contributed by atoms with Crippen LogP contribution in [0.5, 0.6) is 0 Å². The second kappa shape index (κ2) is 6.17. The quantitative estimate of drug-likeness (QED) is 0.792. The molecular formula is C19H16N2O2S. The van der Waals surface area contributed by atoms with Crippen molar-refractivity contribution < 1.29 is 9.90 Å². The molecule has 0 saturated carbocycles. The Kier molecular flexibility index (Phi) is 3.86. The van der Waals surface area contributed by atoms with Crippen molar-refractivity contribution in [2.45, 2.75) is 18.3 Å². The number of aromatic nitrogens is 2. The van der Waals surface area contributed by atoms with Crippen molar-refractivity contribution in [3.8, 4) is 0 Å². The summed E-state index contributed by atoms with van der Waals surface area (Å²) in [5, 5.41) is 14.3. The fraction of sp³-hybridized carbons (Fsp3) is 0.211. The van der Waals surface area contributed by atoms with Crippen LogP contribution in [0.1, 0.15) is 33.5 Å². The van der Waals surface area contributed by atoms with Gasteiger partial charge >= 0.3 is 5.97 Å². The van der Waals surface area contributed by atoms with E-state index in [1.807, 2.05) is 60.7 Å². The van der Waals surface area contributed by atoms with E-state index in [1.165, 1.54) is 11.5 Å². The summed E-state index contributed by atoms with van der Waals surface area (Å²) in [6.07, 6.45) is 0.621. The lowest BCUT2D eigenvalue weighted by atomic mass is 9.68. The molecule has 0 amide bonds. The van der Waals surface area contributed by atoms with Crippen LogP contribution in [0.3, 0.4) is 0 Å². The van der Waals surface area contributed by atoms with Crippen molar-refractivity contribution in [2.75, 3.05) is 0 Å². The van der Waals surface area contributed by atoms with Crippen LogP contribution < -0.4 is 0 Å². The minimum absolute atomic E-state index is 0.106. The highest BCUT2D eigenvalue weighted by Crippen LogP contribution is 2.48. The van der Waals surface area contributed by atoms with E-state index in [-0.39, 0.29) is 11.8 Å². The Bertz CT molecular complexity index is 848. The van der Waals surface area contributed by atoms with Gasteiger partial charge in [-0.15, -0.1) is 5.10 Å². The Morgan fingerprint density at radius 3 is 2.25 bits per heavy atom. The normalized spacial score (nSPS) is 22.8. The van der Waals surface area contributed by atoms with Gasteiger partial charge in [0.15, 0.2) is 0 Å². The third kappa shape index (κ3) is 2.51. The van der Waals surface area contributed by atoms with Gasteiger partial charge in [0.2, 0.25) is 0 Å². The van der Waals surface area contributed by atoms with Gasteiger partial charge in [0.05, 0.1) is 16.5 Å². The molecule has 24 heavy (non-hydrogen) atoms. The molecule has 4 nitrogen and oxygen atoms in total. The zero-order valence-corrected chi connectivity index (χ0v) is 13.7. The van der Waals surface area contributed by atoms with Crippen molar-refractivity contribution >= 4 is 17.5 Å². The molecule has 5 heteroatoms. The van der Waals surface area contributed by atoms with Gasteiger partial charge < -0.3 is 5.11 Å². The van der Waals surface area contributed by atoms with Crippen molar-refractivity contribution in [3.05, 3.63) is 82.4 Å². The van der Waals surface area contributed by atoms with Crippen molar-refractivity contribution in [1.29, 1.82) is 0 Å². The summed E-state index contributed by atoms with van der Waals surface area (Å²) in [6, 6.07) is 19.7. The Labute approximate surface area is 144 Å². The van der Waals surface area contributed by atoms with Gasteiger partial charge in [0.1, 0.15) is 0 Å². The van der Waals surface area contributed by atoms with Crippen LogP contribution >= 0.6 is 11.5 Å². The molecule has 0 fully saturated rings. The van der Waals surface area contributed by atoms with Crippen molar-refractivity contribution in [1.82, 2.24) is 9.59 Å². The van der Waals surface area contributed by atoms with Crippen LogP contribution in [0.4, 0.5) is 0 Å². The van der Waals surface area contributed by atoms with E-state index in [0.717, 1.165) is 21.7 Å². The number of benzene rings is 2. The summed E-state index contributed by atoms with van der Waals surface area (Å²) in [5.74, 6) is -1.61. The largest absolute Gasteiger partial charge is 0.481 e. The Balaban J connectivity index is 1.88. The lowest BCUT2D eigenvalue weighted by Crippen LogP contribution is -2.34. The van der Waals surface area contributed by atoms with Gasteiger partial charge in [-0.1, -0.05) is 65.2 Å². The highest BCUT2D eigenvalue weighted by molar-refractivity contribution is 7.05. The molecule has 0 radical (unpaired) electrons. The summed E-state index contributed by atoms with van der Waals surface area (Å²) < 4.78 is 4.10. The predicted octanol–water partition coefficient (Wildman–Crippen LogP) is 3.71. The molecule has 120 valence electrons. The van der Waals surface area contributed by atoms with Gasteiger partial charge in [-0.25, -0.2) is 0 Å². The van der Waals surface area contributed by atoms with E-state index in [9.17, 15) is 9.90 Å². The first kappa shape index (κ1) is 15.0. The number of hydrogen-bond acceptors (Lipinski definition) is 4. The standard InChI is InChI=1S/C19H16N2O2S/c22-19(23)17-14(12-7-3-1-4-8-12)11-15-18(24-21-20-15)16(17)13-9-5-2-6-10-13/h1-10,14,16-17H,11H2,(H,22,23). The third-order valence-corrected chi connectivity index (χ3v) is 5.59. The first-order chi connectivity index (χ1) is 11.8. The molecule has 1 aliphatic carbocycles. The summed E-state index contributed by atoms with van der Waals surface area (Å²) in [6.45, 7) is 0. The molecule has 1 aromatic heterocycles. The molecule has 1 N–H and O–H groups in total. The number of rotatable bonds is 3. The predicted molar refractivity (Wildman–Crippen MR) is 92.2 cm³/mol. The molecule has 3 aromatic rings. The SMILES string of the molecule is O=C(O)C1C(c2ccccc2)Cc2nnsc2C1c1ccccc1. The molecule has 0 saturated heterocycles. The van der Waals surface area contributed by atoms with Crippen molar-refractivity contribution in [3.63, 3.8) is 0 Å². The monoisotopic (exact) mass is 336 g/mol. The van der Waals surface area contributed by atoms with E-state index < -0.39 is 11.9 Å². The highest BCUT2D eigenvalue weighted by Gasteiger charge is 2.44. The maximum Gasteiger partial charge on any atom is 0.308 e. The second-order valence-corrected chi connectivity index (χ2v) is 6.84. The third-order valence-electron chi connectivity index (χ3n) is 4.75. The van der Waals surface area contributed by atoms with E-state index >= 15 is 0 Å². The van der Waals surface area contributed by atoms with Crippen LogP contribution in [0.15, 0.2) is 60.7 Å². The number of aliphatic carboxylic acids is 1. The summed E-state index contributed by atoms with van der Waals surface area (Å²) >= 11 is 1.32. The number of nitrogens with zero attached hydrogens (tertiary/aromatic N) is 2. The van der Waals surface area contributed by atoms with Gasteiger partial charge in [-0.05, 0) is 22.7 Å². The minimum Gasteiger partial charge on any atom is -0.481 e. The molecule has 1 heterocycles. The van der Waals surface area contributed by atoms with E-state index in [1.54, 1.807) is 0 Å². The average Bonchev–Trinajstić information content (AvgIpc) is 3.09. The van der Waals surface area contributed by atoms with Gasteiger partial charge in [0.25, 0.3) is 0 Å². The van der Waals surface area contributed by atoms with Crippen molar-refractivity contribution in [2.24, 2.45) is 5.92 Å². The molecule has 0 spiro atoms. The zero-order chi connectivity index (χ0) is 16.5. The minimum atomic E-state index is -0.767.